The lowest BCUT2D eigenvalue weighted by atomic mass is 10.2. The van der Waals surface area contributed by atoms with E-state index in [0.717, 1.165) is 23.0 Å². The monoisotopic (exact) mass is 309 g/mol. The zero-order valence-corrected chi connectivity index (χ0v) is 13.6. The first-order valence-electron chi connectivity index (χ1n) is 6.73. The van der Waals surface area contributed by atoms with Crippen LogP contribution in [0, 0.1) is 6.92 Å². The van der Waals surface area contributed by atoms with Crippen molar-refractivity contribution in [3.05, 3.63) is 46.7 Å². The number of benzene rings is 1. The van der Waals surface area contributed by atoms with Crippen LogP contribution in [0.3, 0.4) is 0 Å². The molecule has 3 nitrogen and oxygen atoms in total. The molecule has 1 aromatic carbocycles. The van der Waals surface area contributed by atoms with E-state index < -0.39 is 0 Å². The molecule has 0 spiro atoms. The zero-order valence-electron chi connectivity index (χ0n) is 12.1. The molecular weight excluding hydrogens is 290 g/mol. The van der Waals surface area contributed by atoms with Crippen LogP contribution >= 0.6 is 23.4 Å². The van der Waals surface area contributed by atoms with Crippen molar-refractivity contribution >= 4 is 23.4 Å². The van der Waals surface area contributed by atoms with Gasteiger partial charge in [0.2, 0.25) is 0 Å². The van der Waals surface area contributed by atoms with Gasteiger partial charge in [-0.2, -0.15) is 5.10 Å². The molecule has 0 amide bonds. The highest BCUT2D eigenvalue weighted by Gasteiger charge is 2.18. The summed E-state index contributed by atoms with van der Waals surface area (Å²) < 4.78 is 1.96. The Kier molecular flexibility index (Phi) is 5.52. The maximum Gasteiger partial charge on any atom is 0.0834 e. The normalized spacial score (nSPS) is 12.6. The van der Waals surface area contributed by atoms with E-state index in [2.05, 4.69) is 48.5 Å². The Balaban J connectivity index is 2.11. The summed E-state index contributed by atoms with van der Waals surface area (Å²) in [6.07, 6.45) is 1.72. The van der Waals surface area contributed by atoms with Gasteiger partial charge in [-0.3, -0.25) is 4.68 Å². The second-order valence-electron chi connectivity index (χ2n) is 4.66. The summed E-state index contributed by atoms with van der Waals surface area (Å²) in [7, 11) is 1.96. The lowest BCUT2D eigenvalue weighted by Gasteiger charge is -2.18. The molecule has 2 rings (SSSR count). The summed E-state index contributed by atoms with van der Waals surface area (Å²) in [6, 6.07) is 8.74. The molecule has 0 fully saturated rings. The highest BCUT2D eigenvalue weighted by atomic mass is 35.5. The number of rotatable bonds is 6. The molecule has 2 aromatic rings. The molecular formula is C15H20ClN3S. The van der Waals surface area contributed by atoms with E-state index in [0.29, 0.717) is 0 Å². The van der Waals surface area contributed by atoms with Crippen molar-refractivity contribution in [2.45, 2.75) is 31.3 Å². The summed E-state index contributed by atoms with van der Waals surface area (Å²) in [4.78, 5) is 1.28. The van der Waals surface area contributed by atoms with Crippen LogP contribution in [-0.4, -0.2) is 22.6 Å². The van der Waals surface area contributed by atoms with E-state index in [9.17, 15) is 0 Å². The lowest BCUT2D eigenvalue weighted by molar-refractivity contribution is 0.549. The van der Waals surface area contributed by atoms with Gasteiger partial charge in [0.1, 0.15) is 0 Å². The number of aryl methyl sites for hydroxylation is 2. The molecule has 0 aliphatic rings. The molecule has 0 aliphatic carbocycles. The molecule has 1 N–H and O–H groups in total. The quantitative estimate of drug-likeness (QED) is 0.820. The van der Waals surface area contributed by atoms with Crippen LogP contribution in [-0.2, 0) is 6.54 Å². The fourth-order valence-corrected chi connectivity index (χ4v) is 3.55. The summed E-state index contributed by atoms with van der Waals surface area (Å²) in [5.41, 5.74) is 2.35. The fourth-order valence-electron chi connectivity index (χ4n) is 2.15. The van der Waals surface area contributed by atoms with Gasteiger partial charge in [0, 0.05) is 17.2 Å². The predicted molar refractivity (Wildman–Crippen MR) is 86.6 cm³/mol. The number of halogens is 1. The van der Waals surface area contributed by atoms with Crippen molar-refractivity contribution in [1.29, 1.82) is 0 Å². The lowest BCUT2D eigenvalue weighted by Crippen LogP contribution is -2.22. The molecule has 0 bridgehead atoms. The van der Waals surface area contributed by atoms with Crippen LogP contribution in [0.4, 0.5) is 0 Å². The third kappa shape index (κ3) is 3.57. The van der Waals surface area contributed by atoms with Gasteiger partial charge in [-0.25, -0.2) is 0 Å². The van der Waals surface area contributed by atoms with Crippen molar-refractivity contribution in [3.63, 3.8) is 0 Å². The smallest absolute Gasteiger partial charge is 0.0834 e. The molecule has 20 heavy (non-hydrogen) atoms. The standard InChI is InChI=1S/C15H20ClN3S/c1-4-19-15(13(16)9-18-19)14(17-3)10-20-12-7-5-6-11(2)8-12/h5-9,14,17H,4,10H2,1-3H3. The second kappa shape index (κ2) is 7.16. The third-order valence-electron chi connectivity index (χ3n) is 3.22. The van der Waals surface area contributed by atoms with E-state index in [-0.39, 0.29) is 6.04 Å². The molecule has 0 aliphatic heterocycles. The number of thioether (sulfide) groups is 1. The number of hydrogen-bond donors (Lipinski definition) is 1. The molecule has 1 aromatic heterocycles. The zero-order chi connectivity index (χ0) is 14.5. The molecule has 108 valence electrons. The SMILES string of the molecule is CCn1ncc(Cl)c1C(CSc1cccc(C)c1)NC. The Morgan fingerprint density at radius 3 is 2.90 bits per heavy atom. The van der Waals surface area contributed by atoms with Crippen molar-refractivity contribution in [3.8, 4) is 0 Å². The van der Waals surface area contributed by atoms with Gasteiger partial charge in [-0.15, -0.1) is 11.8 Å². The minimum absolute atomic E-state index is 0.190. The third-order valence-corrected chi connectivity index (χ3v) is 4.60. The first-order valence-corrected chi connectivity index (χ1v) is 8.10. The summed E-state index contributed by atoms with van der Waals surface area (Å²) >= 11 is 8.10. The van der Waals surface area contributed by atoms with Gasteiger partial charge in [0.25, 0.3) is 0 Å². The van der Waals surface area contributed by atoms with Gasteiger partial charge in [-0.05, 0) is 33.0 Å². The number of nitrogens with one attached hydrogen (secondary N) is 1. The van der Waals surface area contributed by atoms with Crippen LogP contribution in [0.2, 0.25) is 5.02 Å². The Hall–Kier alpha value is -0.970. The maximum atomic E-state index is 6.27. The number of aromatic nitrogens is 2. The number of nitrogens with zero attached hydrogens (tertiary/aromatic N) is 2. The van der Waals surface area contributed by atoms with Crippen molar-refractivity contribution in [2.75, 3.05) is 12.8 Å². The van der Waals surface area contributed by atoms with E-state index in [1.807, 2.05) is 23.5 Å². The summed E-state index contributed by atoms with van der Waals surface area (Å²) in [6.45, 7) is 5.02. The van der Waals surface area contributed by atoms with Crippen molar-refractivity contribution in [1.82, 2.24) is 15.1 Å². The first kappa shape index (κ1) is 15.4. The molecule has 1 heterocycles. The molecule has 0 radical (unpaired) electrons. The predicted octanol–water partition coefficient (Wildman–Crippen LogP) is 3.92. The minimum atomic E-state index is 0.190. The summed E-state index contributed by atoms with van der Waals surface area (Å²) in [5, 5.41) is 8.38. The minimum Gasteiger partial charge on any atom is -0.311 e. The highest BCUT2D eigenvalue weighted by Crippen LogP contribution is 2.29. The molecule has 1 atom stereocenters. The molecule has 0 saturated carbocycles. The molecule has 0 saturated heterocycles. The van der Waals surface area contributed by atoms with Crippen LogP contribution in [0.25, 0.3) is 0 Å². The second-order valence-corrected chi connectivity index (χ2v) is 6.16. The Morgan fingerprint density at radius 1 is 1.45 bits per heavy atom. The topological polar surface area (TPSA) is 29.9 Å². The van der Waals surface area contributed by atoms with Crippen molar-refractivity contribution < 1.29 is 0 Å². The highest BCUT2D eigenvalue weighted by molar-refractivity contribution is 7.99. The van der Waals surface area contributed by atoms with Crippen LogP contribution in [0.1, 0.15) is 24.2 Å². The van der Waals surface area contributed by atoms with Gasteiger partial charge in [0.15, 0.2) is 0 Å². The average molecular weight is 310 g/mol. The van der Waals surface area contributed by atoms with E-state index in [4.69, 9.17) is 11.6 Å². The largest absolute Gasteiger partial charge is 0.311 e. The first-order chi connectivity index (χ1) is 9.65. The molecule has 1 unspecified atom stereocenters. The van der Waals surface area contributed by atoms with Crippen molar-refractivity contribution in [2.24, 2.45) is 0 Å². The van der Waals surface area contributed by atoms with E-state index in [1.165, 1.54) is 10.5 Å². The van der Waals surface area contributed by atoms with Gasteiger partial charge in [0.05, 0.1) is 23.0 Å². The average Bonchev–Trinajstić information content (AvgIpc) is 2.81. The van der Waals surface area contributed by atoms with Gasteiger partial charge < -0.3 is 5.32 Å². The van der Waals surface area contributed by atoms with E-state index >= 15 is 0 Å². The Bertz CT molecular complexity index is 568. The Morgan fingerprint density at radius 2 is 2.25 bits per heavy atom. The van der Waals surface area contributed by atoms with Gasteiger partial charge in [-0.1, -0.05) is 29.3 Å². The van der Waals surface area contributed by atoms with Crippen LogP contribution < -0.4 is 5.32 Å². The van der Waals surface area contributed by atoms with E-state index in [1.54, 1.807) is 6.20 Å². The summed E-state index contributed by atoms with van der Waals surface area (Å²) in [5.74, 6) is 0.922. The molecule has 5 heteroatoms. The van der Waals surface area contributed by atoms with Crippen LogP contribution in [0.15, 0.2) is 35.4 Å². The Labute approximate surface area is 129 Å². The maximum absolute atomic E-state index is 6.27. The number of hydrogen-bond acceptors (Lipinski definition) is 3. The fraction of sp³-hybridized carbons (Fsp3) is 0.400. The van der Waals surface area contributed by atoms with Crippen LogP contribution in [0.5, 0.6) is 0 Å². The van der Waals surface area contributed by atoms with Gasteiger partial charge >= 0.3 is 0 Å².